The van der Waals surface area contributed by atoms with Crippen molar-refractivity contribution >= 4 is 0 Å². The van der Waals surface area contributed by atoms with E-state index in [1.54, 1.807) is 0 Å². The van der Waals surface area contributed by atoms with Crippen molar-refractivity contribution in [2.45, 2.75) is 76.5 Å². The Morgan fingerprint density at radius 3 is 2.75 bits per heavy atom. The van der Waals surface area contributed by atoms with Crippen LogP contribution in [0.2, 0.25) is 0 Å². The van der Waals surface area contributed by atoms with Gasteiger partial charge in [0.2, 0.25) is 0 Å². The lowest BCUT2D eigenvalue weighted by molar-refractivity contribution is 0.121. The molecule has 2 fully saturated rings. The van der Waals surface area contributed by atoms with E-state index in [9.17, 15) is 0 Å². The molecule has 1 aromatic rings. The molecule has 0 bridgehead atoms. The van der Waals surface area contributed by atoms with E-state index in [0.29, 0.717) is 12.1 Å². The third-order valence-corrected chi connectivity index (χ3v) is 5.00. The van der Waals surface area contributed by atoms with Crippen LogP contribution in [0, 0.1) is 0 Å². The lowest BCUT2D eigenvalue weighted by Gasteiger charge is -2.37. The number of piperidine rings is 1. The second-order valence-electron chi connectivity index (χ2n) is 6.62. The Labute approximate surface area is 122 Å². The zero-order valence-electron chi connectivity index (χ0n) is 12.7. The van der Waals surface area contributed by atoms with Gasteiger partial charge in [0.05, 0.1) is 11.7 Å². The van der Waals surface area contributed by atoms with Crippen molar-refractivity contribution in [2.75, 3.05) is 6.54 Å². The summed E-state index contributed by atoms with van der Waals surface area (Å²) in [5, 5.41) is 4.81. The summed E-state index contributed by atoms with van der Waals surface area (Å²) in [7, 11) is 0. The zero-order chi connectivity index (χ0) is 13.9. The van der Waals surface area contributed by atoms with Crippen LogP contribution in [0.1, 0.15) is 63.6 Å². The standard InChI is InChI=1S/C16H28N4/c1-13(17)16-8-4-5-10-19(16)12-14-9-11-20(18-14)15-6-2-3-7-15/h9,11,13,15-16H,2-8,10,12,17H2,1H3. The monoisotopic (exact) mass is 276 g/mol. The van der Waals surface area contributed by atoms with Crippen LogP contribution >= 0.6 is 0 Å². The van der Waals surface area contributed by atoms with E-state index in [4.69, 9.17) is 10.8 Å². The molecule has 20 heavy (non-hydrogen) atoms. The molecule has 0 radical (unpaired) electrons. The van der Waals surface area contributed by atoms with Gasteiger partial charge >= 0.3 is 0 Å². The fraction of sp³-hybridized carbons (Fsp3) is 0.812. The molecule has 0 aromatic carbocycles. The minimum Gasteiger partial charge on any atom is -0.327 e. The lowest BCUT2D eigenvalue weighted by atomic mass is 9.97. The van der Waals surface area contributed by atoms with Gasteiger partial charge in [0, 0.05) is 24.8 Å². The Morgan fingerprint density at radius 1 is 1.25 bits per heavy atom. The van der Waals surface area contributed by atoms with E-state index in [1.165, 1.54) is 57.2 Å². The summed E-state index contributed by atoms with van der Waals surface area (Å²) in [6.07, 6.45) is 11.3. The maximum absolute atomic E-state index is 6.15. The predicted molar refractivity (Wildman–Crippen MR) is 81.4 cm³/mol. The third kappa shape index (κ3) is 3.07. The molecule has 1 aromatic heterocycles. The first-order chi connectivity index (χ1) is 9.74. The van der Waals surface area contributed by atoms with E-state index in [-0.39, 0.29) is 6.04 Å². The molecule has 3 rings (SSSR count). The Balaban J connectivity index is 1.64. The number of likely N-dealkylation sites (tertiary alicyclic amines) is 1. The van der Waals surface area contributed by atoms with Crippen LogP contribution in [0.4, 0.5) is 0 Å². The van der Waals surface area contributed by atoms with Gasteiger partial charge in [-0.1, -0.05) is 19.3 Å². The van der Waals surface area contributed by atoms with Gasteiger partial charge in [0.15, 0.2) is 0 Å². The van der Waals surface area contributed by atoms with Crippen LogP contribution in [-0.4, -0.2) is 33.3 Å². The number of hydrogen-bond acceptors (Lipinski definition) is 3. The molecule has 0 spiro atoms. The van der Waals surface area contributed by atoms with Crippen LogP contribution in [0.5, 0.6) is 0 Å². The second-order valence-corrected chi connectivity index (χ2v) is 6.62. The van der Waals surface area contributed by atoms with Crippen LogP contribution < -0.4 is 5.73 Å². The molecular formula is C16H28N4. The Bertz CT molecular complexity index is 420. The lowest BCUT2D eigenvalue weighted by Crippen LogP contribution is -2.48. The van der Waals surface area contributed by atoms with Gasteiger partial charge in [-0.25, -0.2) is 0 Å². The average molecular weight is 276 g/mol. The number of aromatic nitrogens is 2. The molecule has 1 aliphatic carbocycles. The summed E-state index contributed by atoms with van der Waals surface area (Å²) >= 11 is 0. The molecule has 2 aliphatic rings. The first-order valence-electron chi connectivity index (χ1n) is 8.27. The third-order valence-electron chi connectivity index (χ3n) is 5.00. The minimum absolute atomic E-state index is 0.257. The zero-order valence-corrected chi connectivity index (χ0v) is 12.7. The van der Waals surface area contributed by atoms with Crippen molar-refractivity contribution in [1.82, 2.24) is 14.7 Å². The molecule has 1 saturated carbocycles. The molecule has 112 valence electrons. The van der Waals surface area contributed by atoms with Gasteiger partial charge in [-0.2, -0.15) is 5.10 Å². The summed E-state index contributed by atoms with van der Waals surface area (Å²) in [4.78, 5) is 2.54. The molecule has 1 saturated heterocycles. The van der Waals surface area contributed by atoms with Gasteiger partial charge in [0.25, 0.3) is 0 Å². The smallest absolute Gasteiger partial charge is 0.0765 e. The molecule has 4 nitrogen and oxygen atoms in total. The van der Waals surface area contributed by atoms with Gasteiger partial charge in [-0.05, 0) is 45.2 Å². The molecule has 0 amide bonds. The average Bonchev–Trinajstić information content (AvgIpc) is 3.09. The van der Waals surface area contributed by atoms with E-state index in [0.717, 1.165) is 6.54 Å². The maximum atomic E-state index is 6.15. The van der Waals surface area contributed by atoms with Gasteiger partial charge in [-0.15, -0.1) is 0 Å². The van der Waals surface area contributed by atoms with Crippen molar-refractivity contribution in [3.05, 3.63) is 18.0 Å². The summed E-state index contributed by atoms with van der Waals surface area (Å²) in [5.41, 5.74) is 7.36. The van der Waals surface area contributed by atoms with Crippen molar-refractivity contribution in [1.29, 1.82) is 0 Å². The number of hydrogen-bond donors (Lipinski definition) is 1. The quantitative estimate of drug-likeness (QED) is 0.919. The Morgan fingerprint density at radius 2 is 2.00 bits per heavy atom. The highest BCUT2D eigenvalue weighted by Gasteiger charge is 2.26. The van der Waals surface area contributed by atoms with Crippen molar-refractivity contribution in [2.24, 2.45) is 5.73 Å². The Kier molecular flexibility index (Phi) is 4.41. The van der Waals surface area contributed by atoms with Gasteiger partial charge < -0.3 is 5.73 Å². The fourth-order valence-electron chi connectivity index (χ4n) is 3.85. The molecule has 2 heterocycles. The van der Waals surface area contributed by atoms with Crippen LogP contribution in [0.3, 0.4) is 0 Å². The minimum atomic E-state index is 0.257. The number of nitrogens with zero attached hydrogens (tertiary/aromatic N) is 3. The summed E-state index contributed by atoms with van der Waals surface area (Å²) in [5.74, 6) is 0. The summed E-state index contributed by atoms with van der Waals surface area (Å²) in [6.45, 7) is 4.27. The molecule has 4 heteroatoms. The molecular weight excluding hydrogens is 248 g/mol. The van der Waals surface area contributed by atoms with E-state index in [1.807, 2.05) is 0 Å². The highest BCUT2D eigenvalue weighted by Crippen LogP contribution is 2.29. The molecule has 2 N–H and O–H groups in total. The normalized spacial score (nSPS) is 27.0. The maximum Gasteiger partial charge on any atom is 0.0765 e. The molecule has 2 atom stereocenters. The van der Waals surface area contributed by atoms with E-state index < -0.39 is 0 Å². The Hall–Kier alpha value is -0.870. The van der Waals surface area contributed by atoms with Crippen molar-refractivity contribution < 1.29 is 0 Å². The SMILES string of the molecule is CC(N)C1CCCCN1Cc1ccn(C2CCCC2)n1. The van der Waals surface area contributed by atoms with Crippen molar-refractivity contribution in [3.63, 3.8) is 0 Å². The van der Waals surface area contributed by atoms with Crippen LogP contribution in [0.25, 0.3) is 0 Å². The van der Waals surface area contributed by atoms with Crippen molar-refractivity contribution in [3.8, 4) is 0 Å². The molecule has 1 aliphatic heterocycles. The van der Waals surface area contributed by atoms with Crippen LogP contribution in [0.15, 0.2) is 12.3 Å². The van der Waals surface area contributed by atoms with Gasteiger partial charge in [0.1, 0.15) is 0 Å². The van der Waals surface area contributed by atoms with E-state index in [2.05, 4.69) is 28.8 Å². The van der Waals surface area contributed by atoms with Crippen LogP contribution in [-0.2, 0) is 6.54 Å². The first-order valence-corrected chi connectivity index (χ1v) is 8.27. The highest BCUT2D eigenvalue weighted by atomic mass is 15.3. The van der Waals surface area contributed by atoms with E-state index >= 15 is 0 Å². The topological polar surface area (TPSA) is 47.1 Å². The predicted octanol–water partition coefficient (Wildman–Crippen LogP) is 2.70. The fourth-order valence-corrected chi connectivity index (χ4v) is 3.85. The van der Waals surface area contributed by atoms with Gasteiger partial charge in [-0.3, -0.25) is 9.58 Å². The summed E-state index contributed by atoms with van der Waals surface area (Å²) in [6, 6.07) is 3.63. The highest BCUT2D eigenvalue weighted by molar-refractivity contribution is 5.01. The second kappa shape index (κ2) is 6.27. The largest absolute Gasteiger partial charge is 0.327 e. The summed E-state index contributed by atoms with van der Waals surface area (Å²) < 4.78 is 2.20. The molecule has 2 unspecified atom stereocenters. The number of rotatable bonds is 4. The first kappa shape index (κ1) is 14.1. The number of nitrogens with two attached hydrogens (primary N) is 1.